The number of nitro benzene ring substituents is 1. The summed E-state index contributed by atoms with van der Waals surface area (Å²) in [6, 6.07) is 8.40. The van der Waals surface area contributed by atoms with Crippen LogP contribution in [0.1, 0.15) is 23.0 Å². The largest absolute Gasteiger partial charge is 0.461 e. The van der Waals surface area contributed by atoms with E-state index in [1.165, 1.54) is 30.3 Å². The number of hydrogen-bond acceptors (Lipinski definition) is 6. The highest BCUT2D eigenvalue weighted by atomic mass is 16.6. The number of carbonyl (C=O) groups excluding carboxylic acids is 1. The highest BCUT2D eigenvalue weighted by Gasteiger charge is 2.16. The van der Waals surface area contributed by atoms with Crippen LogP contribution in [0.4, 0.5) is 5.69 Å². The maximum absolute atomic E-state index is 12.0. The van der Waals surface area contributed by atoms with Gasteiger partial charge in [-0.05, 0) is 30.7 Å². The number of esters is 1. The van der Waals surface area contributed by atoms with Crippen molar-refractivity contribution in [2.75, 3.05) is 6.61 Å². The Bertz CT molecular complexity index is 862. The van der Waals surface area contributed by atoms with Gasteiger partial charge in [-0.2, -0.15) is 5.26 Å². The minimum atomic E-state index is -0.730. The topological polar surface area (TPSA) is 126 Å². The van der Waals surface area contributed by atoms with Crippen molar-refractivity contribution in [1.29, 1.82) is 5.26 Å². The number of nitro groups is 1. The van der Waals surface area contributed by atoms with Crippen molar-refractivity contribution in [2.45, 2.75) is 6.92 Å². The summed E-state index contributed by atoms with van der Waals surface area (Å²) in [6.07, 6.45) is 0. The predicted octanol–water partition coefficient (Wildman–Crippen LogP) is 2.00. The van der Waals surface area contributed by atoms with Gasteiger partial charge >= 0.3 is 5.97 Å². The molecule has 0 aliphatic heterocycles. The van der Waals surface area contributed by atoms with Gasteiger partial charge in [-0.15, -0.1) is 0 Å². The molecule has 0 radical (unpaired) electrons. The number of pyridine rings is 1. The monoisotopic (exact) mass is 313 g/mol. The fourth-order valence-electron chi connectivity index (χ4n) is 1.98. The maximum atomic E-state index is 12.0. The van der Waals surface area contributed by atoms with Gasteiger partial charge in [0.05, 0.1) is 11.5 Å². The number of H-pyrrole nitrogens is 1. The third-order valence-electron chi connectivity index (χ3n) is 3.03. The molecule has 0 bridgehead atoms. The van der Waals surface area contributed by atoms with E-state index in [1.807, 2.05) is 0 Å². The summed E-state index contributed by atoms with van der Waals surface area (Å²) >= 11 is 0. The minimum Gasteiger partial charge on any atom is -0.461 e. The van der Waals surface area contributed by atoms with E-state index in [2.05, 4.69) is 4.98 Å². The van der Waals surface area contributed by atoms with E-state index >= 15 is 0 Å². The van der Waals surface area contributed by atoms with E-state index in [0.717, 1.165) is 0 Å². The van der Waals surface area contributed by atoms with Gasteiger partial charge in [-0.3, -0.25) is 14.9 Å². The lowest BCUT2D eigenvalue weighted by molar-refractivity contribution is -0.384. The van der Waals surface area contributed by atoms with Crippen LogP contribution in [0, 0.1) is 21.4 Å². The van der Waals surface area contributed by atoms with Gasteiger partial charge < -0.3 is 9.72 Å². The van der Waals surface area contributed by atoms with E-state index in [-0.39, 0.29) is 29.1 Å². The van der Waals surface area contributed by atoms with E-state index in [1.54, 1.807) is 13.0 Å². The van der Waals surface area contributed by atoms with Gasteiger partial charge in [0.2, 0.25) is 0 Å². The first-order valence-electron chi connectivity index (χ1n) is 6.57. The molecule has 1 N–H and O–H groups in total. The van der Waals surface area contributed by atoms with E-state index in [9.17, 15) is 19.7 Å². The average Bonchev–Trinajstić information content (AvgIpc) is 2.54. The predicted molar refractivity (Wildman–Crippen MR) is 79.8 cm³/mol. The van der Waals surface area contributed by atoms with Crippen LogP contribution in [0.15, 0.2) is 35.1 Å². The number of carbonyl (C=O) groups is 1. The Morgan fingerprint density at radius 1 is 1.39 bits per heavy atom. The van der Waals surface area contributed by atoms with Crippen LogP contribution < -0.4 is 5.56 Å². The fraction of sp³-hybridized carbons (Fsp3) is 0.133. The number of non-ortho nitro benzene ring substituents is 1. The molecule has 0 saturated carbocycles. The Morgan fingerprint density at radius 2 is 2.04 bits per heavy atom. The molecule has 1 aromatic carbocycles. The van der Waals surface area contributed by atoms with Crippen molar-refractivity contribution in [2.24, 2.45) is 0 Å². The molecule has 1 heterocycles. The highest BCUT2D eigenvalue weighted by molar-refractivity contribution is 5.89. The Kier molecular flexibility index (Phi) is 4.52. The van der Waals surface area contributed by atoms with E-state index in [0.29, 0.717) is 5.56 Å². The van der Waals surface area contributed by atoms with Crippen molar-refractivity contribution in [3.8, 4) is 17.2 Å². The van der Waals surface area contributed by atoms with E-state index in [4.69, 9.17) is 10.00 Å². The molecule has 0 fully saturated rings. The molecule has 0 aliphatic carbocycles. The summed E-state index contributed by atoms with van der Waals surface area (Å²) in [5.41, 5.74) is -0.525. The summed E-state index contributed by atoms with van der Waals surface area (Å²) in [7, 11) is 0. The number of nitriles is 1. The lowest BCUT2D eigenvalue weighted by Crippen LogP contribution is -2.18. The molecule has 0 amide bonds. The van der Waals surface area contributed by atoms with Gasteiger partial charge in [-0.25, -0.2) is 4.79 Å². The smallest absolute Gasteiger partial charge is 0.354 e. The van der Waals surface area contributed by atoms with Crippen molar-refractivity contribution in [3.05, 3.63) is 62.1 Å². The molecule has 23 heavy (non-hydrogen) atoms. The first-order valence-corrected chi connectivity index (χ1v) is 6.57. The zero-order valence-electron chi connectivity index (χ0n) is 12.0. The zero-order chi connectivity index (χ0) is 17.0. The normalized spacial score (nSPS) is 9.91. The maximum Gasteiger partial charge on any atom is 0.354 e. The molecule has 2 rings (SSSR count). The molecule has 1 aromatic heterocycles. The van der Waals surface area contributed by atoms with E-state index < -0.39 is 16.5 Å². The Hall–Kier alpha value is -3.47. The molecule has 2 aromatic rings. The van der Waals surface area contributed by atoms with Crippen LogP contribution in [-0.4, -0.2) is 22.5 Å². The molecule has 0 spiro atoms. The standard InChI is InChI=1S/C15H11N3O5/c1-2-23-15(20)13-7-11(12(8-16)14(19)17-13)9-3-5-10(6-4-9)18(21)22/h3-7H,2H2,1H3,(H,17,19). The molecular weight excluding hydrogens is 302 g/mol. The van der Waals surface area contributed by atoms with Crippen molar-refractivity contribution in [1.82, 2.24) is 4.98 Å². The molecule has 0 aliphatic rings. The van der Waals surface area contributed by atoms with Crippen molar-refractivity contribution in [3.63, 3.8) is 0 Å². The van der Waals surface area contributed by atoms with Gasteiger partial charge in [0.25, 0.3) is 11.2 Å². The highest BCUT2D eigenvalue weighted by Crippen LogP contribution is 2.24. The molecule has 0 saturated heterocycles. The number of nitrogens with zero attached hydrogens (tertiary/aromatic N) is 2. The van der Waals surface area contributed by atoms with Crippen molar-refractivity contribution < 1.29 is 14.5 Å². The molecule has 0 unspecified atom stereocenters. The second-order valence-corrected chi connectivity index (χ2v) is 4.44. The Morgan fingerprint density at radius 3 is 2.57 bits per heavy atom. The van der Waals surface area contributed by atoms with Gasteiger partial charge in [0.15, 0.2) is 0 Å². The number of aromatic amines is 1. The first kappa shape index (κ1) is 15.9. The summed E-state index contributed by atoms with van der Waals surface area (Å²) in [4.78, 5) is 36.1. The van der Waals surface area contributed by atoms with Crippen LogP contribution in [0.25, 0.3) is 11.1 Å². The molecule has 0 atom stereocenters. The number of hydrogen-bond donors (Lipinski definition) is 1. The van der Waals surface area contributed by atoms with Crippen molar-refractivity contribution >= 4 is 11.7 Å². The Balaban J connectivity index is 2.60. The quantitative estimate of drug-likeness (QED) is 0.522. The van der Waals surface area contributed by atoms with Crippen LogP contribution in [0.2, 0.25) is 0 Å². The third-order valence-corrected chi connectivity index (χ3v) is 3.03. The lowest BCUT2D eigenvalue weighted by atomic mass is 10.0. The van der Waals surface area contributed by atoms with Crippen LogP contribution in [0.5, 0.6) is 0 Å². The fourth-order valence-corrected chi connectivity index (χ4v) is 1.98. The SMILES string of the molecule is CCOC(=O)c1cc(-c2ccc([N+](=O)[O-])cc2)c(C#N)c(=O)[nH]1. The summed E-state index contributed by atoms with van der Waals surface area (Å²) in [5.74, 6) is -0.725. The molecule has 8 nitrogen and oxygen atoms in total. The number of rotatable bonds is 4. The molecule has 8 heteroatoms. The number of nitrogens with one attached hydrogen (secondary N) is 1. The minimum absolute atomic E-state index is 0.0933. The Labute approximate surface area is 130 Å². The zero-order valence-corrected chi connectivity index (χ0v) is 12.0. The van der Waals surface area contributed by atoms with Gasteiger partial charge in [-0.1, -0.05) is 0 Å². The summed E-state index contributed by atoms with van der Waals surface area (Å²) in [6.45, 7) is 1.75. The lowest BCUT2D eigenvalue weighted by Gasteiger charge is -2.07. The third kappa shape index (κ3) is 3.24. The second kappa shape index (κ2) is 6.53. The number of aromatic nitrogens is 1. The van der Waals surface area contributed by atoms with Crippen LogP contribution >= 0.6 is 0 Å². The van der Waals surface area contributed by atoms with Crippen LogP contribution in [0.3, 0.4) is 0 Å². The van der Waals surface area contributed by atoms with Gasteiger partial charge in [0.1, 0.15) is 17.3 Å². The number of benzene rings is 1. The summed E-state index contributed by atoms with van der Waals surface area (Å²) < 4.78 is 4.82. The molecule has 116 valence electrons. The van der Waals surface area contributed by atoms with Gasteiger partial charge in [0, 0.05) is 17.7 Å². The first-order chi connectivity index (χ1) is 11.0. The van der Waals surface area contributed by atoms with Crippen LogP contribution in [-0.2, 0) is 4.74 Å². The summed E-state index contributed by atoms with van der Waals surface area (Å²) in [5, 5.41) is 19.8. The molecular formula is C15H11N3O5. The number of ether oxygens (including phenoxy) is 1. The second-order valence-electron chi connectivity index (χ2n) is 4.44. The average molecular weight is 313 g/mol.